The number of carbonyl (C=O) groups is 2. The third kappa shape index (κ3) is 4.10. The molecule has 2 aromatic rings. The van der Waals surface area contributed by atoms with Gasteiger partial charge in [0.1, 0.15) is 17.1 Å². The number of nitrogens with two attached hydrogens (primary N) is 1. The normalized spacial score (nSPS) is 28.0. The molecule has 0 unspecified atom stereocenters. The van der Waals surface area contributed by atoms with E-state index < -0.39 is 11.1 Å². The fourth-order valence-electron chi connectivity index (χ4n) is 6.51. The van der Waals surface area contributed by atoms with Crippen LogP contribution in [0.4, 0.5) is 0 Å². The number of guanidine groups is 1. The molecule has 2 amide bonds. The summed E-state index contributed by atoms with van der Waals surface area (Å²) in [6, 6.07) is 11.1. The van der Waals surface area contributed by atoms with Crippen LogP contribution in [0, 0.1) is 0 Å². The smallest absolute Gasteiger partial charge is 0.251 e. The topological polar surface area (TPSA) is 106 Å². The molecule has 5 aliphatic heterocycles. The lowest BCUT2D eigenvalue weighted by molar-refractivity contribution is -0.132. The molecule has 0 radical (unpaired) electrons. The van der Waals surface area contributed by atoms with Crippen LogP contribution in [0.15, 0.2) is 41.4 Å². The summed E-state index contributed by atoms with van der Waals surface area (Å²) in [5.41, 5.74) is 8.97. The zero-order valence-corrected chi connectivity index (χ0v) is 22.4. The molecule has 3 atom stereocenters. The Morgan fingerprint density at radius 2 is 1.92 bits per heavy atom. The van der Waals surface area contributed by atoms with Crippen LogP contribution in [0.3, 0.4) is 0 Å². The standard InChI is InChI=1S/C30H36N4O4/c1-4-30-13-6-5-7-18-8-10-24-21(15-18)26(29(2,3)38-24)32-27(36)19-9-11-23-20(16-19)22(12-14-37-23)34(25(35)17-30)28(31)33-30/h8-11,15-16,22,26H,4-7,12-14,17H2,1-3H3,(H2,31,33)(H,32,36)/t22-,26-,30-/m1/s1. The molecule has 6 bridgehead atoms. The Hall–Kier alpha value is -3.55. The van der Waals surface area contributed by atoms with Gasteiger partial charge in [0.15, 0.2) is 5.96 Å². The predicted molar refractivity (Wildman–Crippen MR) is 144 cm³/mol. The van der Waals surface area contributed by atoms with Crippen molar-refractivity contribution in [3.05, 3.63) is 58.7 Å². The zero-order valence-electron chi connectivity index (χ0n) is 22.4. The number of carbonyl (C=O) groups excluding carboxylic acids is 2. The summed E-state index contributed by atoms with van der Waals surface area (Å²) in [5.74, 6) is 1.53. The first kappa shape index (κ1) is 24.8. The van der Waals surface area contributed by atoms with E-state index in [-0.39, 0.29) is 29.9 Å². The van der Waals surface area contributed by atoms with E-state index in [1.54, 1.807) is 11.0 Å². The quantitative estimate of drug-likeness (QED) is 0.577. The van der Waals surface area contributed by atoms with Gasteiger partial charge in [0.2, 0.25) is 5.91 Å². The average Bonchev–Trinajstić information content (AvgIpc) is 3.14. The molecule has 0 spiro atoms. The summed E-state index contributed by atoms with van der Waals surface area (Å²) in [7, 11) is 0. The molecule has 38 heavy (non-hydrogen) atoms. The number of amides is 2. The van der Waals surface area contributed by atoms with Gasteiger partial charge in [-0.05, 0) is 75.4 Å². The lowest BCUT2D eigenvalue weighted by atomic mass is 9.84. The minimum atomic E-state index is -0.590. The molecule has 8 heteroatoms. The van der Waals surface area contributed by atoms with Crippen molar-refractivity contribution >= 4 is 17.8 Å². The van der Waals surface area contributed by atoms with Crippen molar-refractivity contribution in [3.63, 3.8) is 0 Å². The number of benzene rings is 2. The van der Waals surface area contributed by atoms with Crippen LogP contribution in [-0.2, 0) is 11.2 Å². The molecule has 5 aliphatic rings. The zero-order chi connectivity index (χ0) is 26.7. The fourth-order valence-corrected chi connectivity index (χ4v) is 6.51. The molecule has 0 fully saturated rings. The van der Waals surface area contributed by atoms with E-state index >= 15 is 0 Å². The van der Waals surface area contributed by atoms with E-state index in [4.69, 9.17) is 20.2 Å². The van der Waals surface area contributed by atoms with E-state index in [0.717, 1.165) is 49.0 Å². The number of hydrogen-bond acceptors (Lipinski definition) is 6. The number of ether oxygens (including phenoxy) is 2. The SMILES string of the molecule is CC[C@@]12CCCCc3ccc4c(c3)[C@@H](NC(=O)c3ccc5c(c3)[C@@H](CCO5)N(C(=O)C1)C(N)=N2)C(C)(C)O4. The maximum Gasteiger partial charge on any atom is 0.251 e. The molecule has 0 saturated heterocycles. The van der Waals surface area contributed by atoms with Crippen LogP contribution in [0.1, 0.15) is 98.4 Å². The Labute approximate surface area is 223 Å². The first-order chi connectivity index (χ1) is 18.2. The Kier molecular flexibility index (Phi) is 5.89. The van der Waals surface area contributed by atoms with E-state index in [2.05, 4.69) is 24.4 Å². The first-order valence-corrected chi connectivity index (χ1v) is 13.8. The second kappa shape index (κ2) is 9.03. The number of fused-ring (bicyclic) bond motifs is 5. The highest BCUT2D eigenvalue weighted by Crippen LogP contribution is 2.45. The van der Waals surface area contributed by atoms with Gasteiger partial charge in [-0.2, -0.15) is 0 Å². The van der Waals surface area contributed by atoms with Crippen molar-refractivity contribution in [2.75, 3.05) is 6.61 Å². The largest absolute Gasteiger partial charge is 0.493 e. The number of hydrogen-bond donors (Lipinski definition) is 2. The van der Waals surface area contributed by atoms with Gasteiger partial charge >= 0.3 is 0 Å². The number of aryl methyl sites for hydroxylation is 1. The number of nitrogens with one attached hydrogen (secondary N) is 1. The van der Waals surface area contributed by atoms with Crippen molar-refractivity contribution in [2.24, 2.45) is 10.7 Å². The van der Waals surface area contributed by atoms with Crippen molar-refractivity contribution in [3.8, 4) is 11.5 Å². The van der Waals surface area contributed by atoms with Crippen molar-refractivity contribution in [1.29, 1.82) is 0 Å². The van der Waals surface area contributed by atoms with E-state index in [1.165, 1.54) is 5.56 Å². The predicted octanol–water partition coefficient (Wildman–Crippen LogP) is 4.57. The lowest BCUT2D eigenvalue weighted by Crippen LogP contribution is -2.53. The Morgan fingerprint density at radius 3 is 2.71 bits per heavy atom. The lowest BCUT2D eigenvalue weighted by Gasteiger charge is -2.42. The van der Waals surface area contributed by atoms with Crippen LogP contribution in [-0.4, -0.2) is 40.4 Å². The maximum absolute atomic E-state index is 13.6. The Balaban J connectivity index is 1.45. The minimum absolute atomic E-state index is 0.0155. The Morgan fingerprint density at radius 1 is 1.11 bits per heavy atom. The molecule has 0 aromatic heterocycles. The minimum Gasteiger partial charge on any atom is -0.493 e. The van der Waals surface area contributed by atoms with Crippen molar-refractivity contribution < 1.29 is 19.1 Å². The molecule has 5 heterocycles. The molecule has 3 N–H and O–H groups in total. The molecule has 7 rings (SSSR count). The van der Waals surface area contributed by atoms with Gasteiger partial charge < -0.3 is 20.5 Å². The summed E-state index contributed by atoms with van der Waals surface area (Å²) in [4.78, 5) is 33.8. The summed E-state index contributed by atoms with van der Waals surface area (Å²) < 4.78 is 12.2. The second-order valence-corrected chi connectivity index (χ2v) is 11.6. The van der Waals surface area contributed by atoms with Crippen LogP contribution in [0.5, 0.6) is 11.5 Å². The van der Waals surface area contributed by atoms with E-state index in [0.29, 0.717) is 30.8 Å². The van der Waals surface area contributed by atoms with Gasteiger partial charge in [-0.15, -0.1) is 0 Å². The molecule has 2 aromatic carbocycles. The number of rotatable bonds is 1. The maximum atomic E-state index is 13.6. The molecule has 0 saturated carbocycles. The van der Waals surface area contributed by atoms with Crippen molar-refractivity contribution in [1.82, 2.24) is 10.2 Å². The molecule has 8 nitrogen and oxygen atoms in total. The Bertz CT molecular complexity index is 1340. The van der Waals surface area contributed by atoms with Gasteiger partial charge in [-0.3, -0.25) is 14.5 Å². The summed E-state index contributed by atoms with van der Waals surface area (Å²) in [6.45, 7) is 6.55. The van der Waals surface area contributed by atoms with E-state index in [9.17, 15) is 9.59 Å². The van der Waals surface area contributed by atoms with E-state index in [1.807, 2.05) is 32.0 Å². The molecule has 200 valence electrons. The van der Waals surface area contributed by atoms with Crippen LogP contribution < -0.4 is 20.5 Å². The van der Waals surface area contributed by atoms with Gasteiger partial charge in [0.05, 0.1) is 30.7 Å². The third-order valence-corrected chi connectivity index (χ3v) is 8.68. The van der Waals surface area contributed by atoms with Gasteiger partial charge in [0.25, 0.3) is 5.91 Å². The second-order valence-electron chi connectivity index (χ2n) is 11.6. The third-order valence-electron chi connectivity index (χ3n) is 8.68. The van der Waals surface area contributed by atoms with Crippen LogP contribution >= 0.6 is 0 Å². The highest BCUT2D eigenvalue weighted by atomic mass is 16.5. The van der Waals surface area contributed by atoms with Crippen molar-refractivity contribution in [2.45, 2.75) is 88.9 Å². The highest BCUT2D eigenvalue weighted by molar-refractivity contribution is 6.00. The number of aliphatic imine (C=N–C) groups is 1. The van der Waals surface area contributed by atoms with Gasteiger partial charge in [-0.1, -0.05) is 19.4 Å². The van der Waals surface area contributed by atoms with Gasteiger partial charge in [-0.25, -0.2) is 4.99 Å². The summed E-state index contributed by atoms with van der Waals surface area (Å²) in [5, 5.41) is 3.23. The first-order valence-electron chi connectivity index (χ1n) is 13.8. The molecule has 0 aliphatic carbocycles. The average molecular weight is 517 g/mol. The monoisotopic (exact) mass is 516 g/mol. The molecular weight excluding hydrogens is 480 g/mol. The van der Waals surface area contributed by atoms with Gasteiger partial charge in [0, 0.05) is 23.1 Å². The molecular formula is C30H36N4O4. The highest BCUT2D eigenvalue weighted by Gasteiger charge is 2.44. The van der Waals surface area contributed by atoms with Crippen LogP contribution in [0.2, 0.25) is 0 Å². The fraction of sp³-hybridized carbons (Fsp3) is 0.500. The van der Waals surface area contributed by atoms with Crippen LogP contribution in [0.25, 0.3) is 0 Å². The summed E-state index contributed by atoms with van der Waals surface area (Å²) in [6.07, 6.45) is 5.32. The number of nitrogens with zero attached hydrogens (tertiary/aromatic N) is 2. The summed E-state index contributed by atoms with van der Waals surface area (Å²) >= 11 is 0.